The van der Waals surface area contributed by atoms with Crippen LogP contribution in [-0.2, 0) is 35.1 Å². The average molecular weight is 666 g/mol. The third-order valence-corrected chi connectivity index (χ3v) is 6.88. The van der Waals surface area contributed by atoms with Crippen molar-refractivity contribution >= 4 is 23.9 Å². The summed E-state index contributed by atoms with van der Waals surface area (Å²) in [4.78, 5) is 57.8. The molecule has 0 aromatic carbocycles. The normalized spacial score (nSPS) is 17.3. The number of ether oxygens (including phenoxy) is 3. The average Bonchev–Trinajstić information content (AvgIpc) is 2.87. The van der Waals surface area contributed by atoms with Crippen LogP contribution in [0.15, 0.2) is 18.3 Å². The molecule has 0 atom stereocenters. The largest absolute Gasteiger partial charge is 0.618 e. The Kier molecular flexibility index (Phi) is 14.6. The minimum atomic E-state index is -1.19. The van der Waals surface area contributed by atoms with Crippen LogP contribution >= 0.6 is 0 Å². The lowest BCUT2D eigenvalue weighted by atomic mass is 10.2. The summed E-state index contributed by atoms with van der Waals surface area (Å²) in [7, 11) is 0. The van der Waals surface area contributed by atoms with E-state index in [1.165, 1.54) is 12.1 Å². The van der Waals surface area contributed by atoms with E-state index in [1.54, 1.807) is 0 Å². The molecule has 0 amide bonds. The van der Waals surface area contributed by atoms with Gasteiger partial charge in [0.05, 0.1) is 26.2 Å². The highest BCUT2D eigenvalue weighted by Gasteiger charge is 2.26. The molecular formula is C33H55N5O9. The van der Waals surface area contributed by atoms with E-state index in [9.17, 15) is 29.5 Å². The number of hydrogen-bond acceptors (Lipinski definition) is 12. The lowest BCUT2D eigenvalue weighted by molar-refractivity contribution is -0.615. The predicted octanol–water partition coefficient (Wildman–Crippen LogP) is 1.76. The van der Waals surface area contributed by atoms with Crippen LogP contribution in [0.4, 0.5) is 0 Å². The minimum absolute atomic E-state index is 0.0328. The van der Waals surface area contributed by atoms with Crippen LogP contribution in [0.1, 0.15) is 78.4 Å². The number of carbonyl (C=O) groups is 4. The number of esters is 3. The number of pyridine rings is 1. The number of carboxylic acid groups (broad SMARTS) is 1. The van der Waals surface area contributed by atoms with Gasteiger partial charge < -0.3 is 24.5 Å². The fourth-order valence-corrected chi connectivity index (χ4v) is 4.87. The third-order valence-electron chi connectivity index (χ3n) is 6.88. The summed E-state index contributed by atoms with van der Waals surface area (Å²) >= 11 is 0. The zero-order chi connectivity index (χ0) is 35.6. The number of aromatic carboxylic acids is 1. The zero-order valence-corrected chi connectivity index (χ0v) is 29.7. The van der Waals surface area contributed by atoms with Gasteiger partial charge in [-0.25, -0.2) is 4.79 Å². The van der Waals surface area contributed by atoms with Crippen LogP contribution in [0.25, 0.3) is 0 Å². The summed E-state index contributed by atoms with van der Waals surface area (Å²) < 4.78 is 17.3. The molecule has 0 saturated carbocycles. The molecule has 2 rings (SSSR count). The summed E-state index contributed by atoms with van der Waals surface area (Å²) in [5, 5.41) is 22.0. The van der Waals surface area contributed by atoms with Gasteiger partial charge in [0.2, 0.25) is 5.69 Å². The van der Waals surface area contributed by atoms with E-state index in [0.717, 1.165) is 6.20 Å². The third kappa shape index (κ3) is 16.9. The first-order valence-electron chi connectivity index (χ1n) is 16.1. The van der Waals surface area contributed by atoms with Crippen molar-refractivity contribution in [1.29, 1.82) is 0 Å². The number of aromatic nitrogens is 1. The molecule has 1 fully saturated rings. The van der Waals surface area contributed by atoms with E-state index in [4.69, 9.17) is 14.2 Å². The first kappa shape index (κ1) is 39.8. The molecule has 0 spiro atoms. The van der Waals surface area contributed by atoms with Gasteiger partial charge in [0.1, 0.15) is 22.4 Å². The quantitative estimate of drug-likeness (QED) is 0.176. The van der Waals surface area contributed by atoms with Crippen molar-refractivity contribution < 1.29 is 43.2 Å². The van der Waals surface area contributed by atoms with Gasteiger partial charge >= 0.3 is 23.9 Å². The van der Waals surface area contributed by atoms with E-state index in [-0.39, 0.29) is 49.7 Å². The molecule has 1 aliphatic heterocycles. The highest BCUT2D eigenvalue weighted by Crippen LogP contribution is 2.12. The SMILES string of the molecule is CC(C)(C)OC(=O)CN1CCN(CC(=O)OC(C)(C)C)CCN(Cc2ccc(C(=O)O)c[n+]2[O-])CCN(CC(=O)OC(C)(C)C)CC1. The lowest BCUT2D eigenvalue weighted by Crippen LogP contribution is -2.49. The molecule has 266 valence electrons. The van der Waals surface area contributed by atoms with Crippen LogP contribution < -0.4 is 4.73 Å². The molecule has 2 heterocycles. The Labute approximate surface area is 279 Å². The van der Waals surface area contributed by atoms with E-state index in [2.05, 4.69) is 0 Å². The first-order valence-corrected chi connectivity index (χ1v) is 16.1. The second-order valence-electron chi connectivity index (χ2n) is 14.9. The van der Waals surface area contributed by atoms with Crippen molar-refractivity contribution in [3.63, 3.8) is 0 Å². The molecule has 1 aliphatic rings. The van der Waals surface area contributed by atoms with E-state index < -0.39 is 22.8 Å². The Balaban J connectivity index is 2.35. The molecule has 1 aromatic heterocycles. The number of nitrogens with zero attached hydrogens (tertiary/aromatic N) is 5. The number of rotatable bonds is 9. The second kappa shape index (κ2) is 17.2. The molecule has 0 aliphatic carbocycles. The molecule has 14 heteroatoms. The standard InChI is InChI=1S/C33H55N5O9/c1-31(2,3)45-27(39)22-35-14-12-34(21-26-11-10-25(30(42)43)20-38(26)44)13-15-36(23-28(40)46-32(4,5)6)17-19-37(18-16-35)24-29(41)47-33(7,8)9/h10-11,20H,12-19,21-24H2,1-9H3,(H,42,43). The highest BCUT2D eigenvalue weighted by molar-refractivity contribution is 5.86. The number of hydrogen-bond donors (Lipinski definition) is 1. The fourth-order valence-electron chi connectivity index (χ4n) is 4.87. The van der Waals surface area contributed by atoms with Gasteiger partial charge in [0.15, 0.2) is 6.20 Å². The van der Waals surface area contributed by atoms with Crippen LogP contribution in [0, 0.1) is 5.21 Å². The van der Waals surface area contributed by atoms with E-state index in [1.807, 2.05) is 81.9 Å². The summed E-state index contributed by atoms with van der Waals surface area (Å²) in [5.74, 6) is -2.31. The van der Waals surface area contributed by atoms with Crippen molar-refractivity contribution in [2.75, 3.05) is 72.0 Å². The Hall–Kier alpha value is -3.33. The van der Waals surface area contributed by atoms with Gasteiger partial charge in [-0.05, 0) is 68.4 Å². The lowest BCUT2D eigenvalue weighted by Gasteiger charge is -2.34. The monoisotopic (exact) mass is 665 g/mol. The van der Waals surface area contributed by atoms with Gasteiger partial charge in [-0.3, -0.25) is 34.0 Å². The molecule has 0 unspecified atom stereocenters. The molecule has 0 bridgehead atoms. The molecular weight excluding hydrogens is 610 g/mol. The highest BCUT2D eigenvalue weighted by atomic mass is 16.6. The summed E-state index contributed by atoms with van der Waals surface area (Å²) in [6, 6.07) is 2.89. The van der Waals surface area contributed by atoms with E-state index in [0.29, 0.717) is 62.8 Å². The Morgan fingerprint density at radius 2 is 0.957 bits per heavy atom. The van der Waals surface area contributed by atoms with Crippen LogP contribution in [0.2, 0.25) is 0 Å². The number of carbonyl (C=O) groups excluding carboxylic acids is 3. The molecule has 1 aromatic rings. The summed E-state index contributed by atoms with van der Waals surface area (Å²) in [5.41, 5.74) is -1.70. The topological polar surface area (TPSA) is 156 Å². The van der Waals surface area contributed by atoms with Crippen LogP contribution in [0.3, 0.4) is 0 Å². The van der Waals surface area contributed by atoms with Gasteiger partial charge in [-0.1, -0.05) is 0 Å². The van der Waals surface area contributed by atoms with Gasteiger partial charge in [-0.15, -0.1) is 0 Å². The first-order chi connectivity index (χ1) is 21.6. The maximum Gasteiger partial charge on any atom is 0.341 e. The Bertz CT molecular complexity index is 1170. The second-order valence-corrected chi connectivity index (χ2v) is 14.9. The summed E-state index contributed by atoms with van der Waals surface area (Å²) in [6.45, 7) is 20.2. The maximum absolute atomic E-state index is 12.9. The van der Waals surface area contributed by atoms with Gasteiger partial charge in [0.25, 0.3) is 0 Å². The van der Waals surface area contributed by atoms with Crippen molar-refractivity contribution in [2.45, 2.75) is 85.7 Å². The predicted molar refractivity (Wildman–Crippen MR) is 174 cm³/mol. The molecule has 47 heavy (non-hydrogen) atoms. The van der Waals surface area contributed by atoms with Crippen LogP contribution in [-0.4, -0.2) is 137 Å². The number of carboxylic acids is 1. The molecule has 14 nitrogen and oxygen atoms in total. The van der Waals surface area contributed by atoms with Gasteiger partial charge in [0, 0.05) is 58.4 Å². The van der Waals surface area contributed by atoms with Crippen molar-refractivity contribution in [2.24, 2.45) is 0 Å². The molecule has 0 radical (unpaired) electrons. The van der Waals surface area contributed by atoms with Crippen LogP contribution in [0.5, 0.6) is 0 Å². The smallest absolute Gasteiger partial charge is 0.341 e. The maximum atomic E-state index is 12.9. The van der Waals surface area contributed by atoms with Crippen molar-refractivity contribution in [1.82, 2.24) is 19.6 Å². The van der Waals surface area contributed by atoms with Crippen molar-refractivity contribution in [3.8, 4) is 0 Å². The molecule has 1 saturated heterocycles. The Morgan fingerprint density at radius 3 is 1.23 bits per heavy atom. The van der Waals surface area contributed by atoms with E-state index >= 15 is 0 Å². The zero-order valence-electron chi connectivity index (χ0n) is 29.7. The summed E-state index contributed by atoms with van der Waals surface area (Å²) in [6.07, 6.45) is 1.04. The fraction of sp³-hybridized carbons (Fsp3) is 0.727. The Morgan fingerprint density at radius 1 is 0.638 bits per heavy atom. The van der Waals surface area contributed by atoms with Crippen molar-refractivity contribution in [3.05, 3.63) is 34.8 Å². The minimum Gasteiger partial charge on any atom is -0.618 e. The van der Waals surface area contributed by atoms with Gasteiger partial charge in [-0.2, -0.15) is 4.73 Å². The molecule has 1 N–H and O–H groups in total.